The van der Waals surface area contributed by atoms with E-state index in [4.69, 9.17) is 5.26 Å². The third kappa shape index (κ3) is 2.77. The van der Waals surface area contributed by atoms with E-state index in [1.807, 2.05) is 24.9 Å². The van der Waals surface area contributed by atoms with Crippen molar-refractivity contribution in [3.63, 3.8) is 0 Å². The Labute approximate surface area is 123 Å². The molecule has 0 bridgehead atoms. The number of nitrogens with zero attached hydrogens (tertiary/aromatic N) is 3. The molecule has 0 aliphatic rings. The number of thiazole rings is 1. The van der Waals surface area contributed by atoms with Crippen LogP contribution in [0, 0.1) is 24.1 Å². The molecule has 0 unspecified atom stereocenters. The Morgan fingerprint density at radius 3 is 2.84 bits per heavy atom. The van der Waals surface area contributed by atoms with Crippen LogP contribution in [0.25, 0.3) is 0 Å². The molecule has 98 valence electrons. The summed E-state index contributed by atoms with van der Waals surface area (Å²) in [6.45, 7) is 2.52. The third-order valence-electron chi connectivity index (χ3n) is 2.82. The Balaban J connectivity index is 2.30. The molecule has 0 saturated heterocycles. The zero-order valence-electron chi connectivity index (χ0n) is 10.4. The maximum atomic E-state index is 14.2. The van der Waals surface area contributed by atoms with Crippen LogP contribution in [-0.4, -0.2) is 12.0 Å². The van der Waals surface area contributed by atoms with Crippen LogP contribution in [0.15, 0.2) is 22.1 Å². The number of rotatable bonds is 3. The molecule has 0 N–H and O–H groups in total. The largest absolute Gasteiger partial charge is 0.367 e. The second kappa shape index (κ2) is 5.68. The van der Waals surface area contributed by atoms with Gasteiger partial charge < -0.3 is 4.90 Å². The number of nitriles is 1. The van der Waals surface area contributed by atoms with Crippen molar-refractivity contribution in [3.8, 4) is 6.07 Å². The van der Waals surface area contributed by atoms with Gasteiger partial charge in [0.05, 0.1) is 33.5 Å². The standard InChI is InChI=1S/C13H11BrFN3S/c1-8-11(19-7-17-8)6-18(2)10-4-3-9(5-16)12(14)13(10)15/h3-4,7H,6H2,1-2H3. The van der Waals surface area contributed by atoms with Crippen LogP contribution in [0.1, 0.15) is 16.1 Å². The van der Waals surface area contributed by atoms with Crippen molar-refractivity contribution in [2.24, 2.45) is 0 Å². The first-order valence-electron chi connectivity index (χ1n) is 5.52. The third-order valence-corrected chi connectivity index (χ3v) is 4.51. The first kappa shape index (κ1) is 14.0. The Bertz CT molecular complexity index is 648. The van der Waals surface area contributed by atoms with Crippen molar-refractivity contribution >= 4 is 33.0 Å². The predicted molar refractivity (Wildman–Crippen MR) is 77.8 cm³/mol. The first-order valence-corrected chi connectivity index (χ1v) is 7.20. The quantitative estimate of drug-likeness (QED) is 0.852. The smallest absolute Gasteiger partial charge is 0.161 e. The Morgan fingerprint density at radius 1 is 1.53 bits per heavy atom. The Hall–Kier alpha value is -1.45. The van der Waals surface area contributed by atoms with Gasteiger partial charge in [0.1, 0.15) is 6.07 Å². The van der Waals surface area contributed by atoms with Gasteiger partial charge in [-0.2, -0.15) is 5.26 Å². The zero-order chi connectivity index (χ0) is 14.0. The molecule has 2 rings (SSSR count). The summed E-state index contributed by atoms with van der Waals surface area (Å²) in [4.78, 5) is 7.08. The van der Waals surface area contributed by atoms with E-state index in [1.165, 1.54) is 0 Å². The number of hydrogen-bond acceptors (Lipinski definition) is 4. The number of halogens is 2. The maximum absolute atomic E-state index is 14.2. The highest BCUT2D eigenvalue weighted by atomic mass is 79.9. The first-order chi connectivity index (χ1) is 9.04. The molecule has 1 heterocycles. The van der Waals surface area contributed by atoms with Crippen LogP contribution >= 0.6 is 27.3 Å². The van der Waals surface area contributed by atoms with Crippen LogP contribution in [0.5, 0.6) is 0 Å². The highest BCUT2D eigenvalue weighted by Crippen LogP contribution is 2.30. The average Bonchev–Trinajstić information content (AvgIpc) is 2.78. The van der Waals surface area contributed by atoms with Gasteiger partial charge in [-0.1, -0.05) is 0 Å². The van der Waals surface area contributed by atoms with E-state index in [9.17, 15) is 4.39 Å². The number of anilines is 1. The van der Waals surface area contributed by atoms with Gasteiger partial charge in [-0.25, -0.2) is 9.37 Å². The van der Waals surface area contributed by atoms with Crippen LogP contribution < -0.4 is 4.90 Å². The molecule has 1 aromatic heterocycles. The normalized spacial score (nSPS) is 10.3. The van der Waals surface area contributed by atoms with E-state index in [0.29, 0.717) is 17.8 Å². The maximum Gasteiger partial charge on any atom is 0.161 e. The molecule has 0 atom stereocenters. The van der Waals surface area contributed by atoms with E-state index in [1.54, 1.807) is 29.0 Å². The fourth-order valence-electron chi connectivity index (χ4n) is 1.70. The average molecular weight is 340 g/mol. The second-order valence-electron chi connectivity index (χ2n) is 4.09. The summed E-state index contributed by atoms with van der Waals surface area (Å²) in [5.74, 6) is -0.413. The van der Waals surface area contributed by atoms with Crippen LogP contribution in [0.2, 0.25) is 0 Å². The minimum absolute atomic E-state index is 0.209. The van der Waals surface area contributed by atoms with Crippen molar-refractivity contribution < 1.29 is 4.39 Å². The minimum Gasteiger partial charge on any atom is -0.367 e. The molecule has 2 aromatic rings. The minimum atomic E-state index is -0.413. The predicted octanol–water partition coefficient (Wildman–Crippen LogP) is 3.86. The van der Waals surface area contributed by atoms with Gasteiger partial charge in [0.25, 0.3) is 0 Å². The summed E-state index contributed by atoms with van der Waals surface area (Å²) in [5, 5.41) is 8.85. The second-order valence-corrected chi connectivity index (χ2v) is 5.82. The fourth-order valence-corrected chi connectivity index (χ4v) is 2.95. The molecule has 0 saturated carbocycles. The van der Waals surface area contributed by atoms with E-state index < -0.39 is 5.82 Å². The van der Waals surface area contributed by atoms with Crippen LogP contribution in [-0.2, 0) is 6.54 Å². The molecule has 0 amide bonds. The molecule has 0 radical (unpaired) electrons. The van der Waals surface area contributed by atoms with Gasteiger partial charge >= 0.3 is 0 Å². The molecule has 0 fully saturated rings. The van der Waals surface area contributed by atoms with Gasteiger partial charge in [-0.15, -0.1) is 11.3 Å². The summed E-state index contributed by atoms with van der Waals surface area (Å²) < 4.78 is 14.4. The SMILES string of the molecule is Cc1ncsc1CN(C)c1ccc(C#N)c(Br)c1F. The summed E-state index contributed by atoms with van der Waals surface area (Å²) >= 11 is 4.67. The van der Waals surface area contributed by atoms with Crippen LogP contribution in [0.4, 0.5) is 10.1 Å². The molecular weight excluding hydrogens is 329 g/mol. The van der Waals surface area contributed by atoms with Gasteiger partial charge in [-0.3, -0.25) is 0 Å². The molecule has 1 aromatic carbocycles. The molecule has 6 heteroatoms. The van der Waals surface area contributed by atoms with E-state index in [0.717, 1.165) is 10.6 Å². The summed E-state index contributed by atoms with van der Waals surface area (Å²) in [5.41, 5.74) is 3.50. The van der Waals surface area contributed by atoms with Crippen LogP contribution in [0.3, 0.4) is 0 Å². The monoisotopic (exact) mass is 339 g/mol. The lowest BCUT2D eigenvalue weighted by atomic mass is 10.2. The summed E-state index contributed by atoms with van der Waals surface area (Å²) in [7, 11) is 1.82. The molecule has 0 spiro atoms. The van der Waals surface area contributed by atoms with E-state index >= 15 is 0 Å². The van der Waals surface area contributed by atoms with Crippen molar-refractivity contribution in [3.05, 3.63) is 44.1 Å². The van der Waals surface area contributed by atoms with Gasteiger partial charge in [-0.05, 0) is 35.0 Å². The molecule has 3 nitrogen and oxygen atoms in total. The summed E-state index contributed by atoms with van der Waals surface area (Å²) in [6.07, 6.45) is 0. The zero-order valence-corrected chi connectivity index (χ0v) is 12.8. The highest BCUT2D eigenvalue weighted by Gasteiger charge is 2.15. The topological polar surface area (TPSA) is 39.9 Å². The Kier molecular flexibility index (Phi) is 4.17. The highest BCUT2D eigenvalue weighted by molar-refractivity contribution is 9.10. The van der Waals surface area contributed by atoms with E-state index in [-0.39, 0.29) is 4.47 Å². The van der Waals surface area contributed by atoms with E-state index in [2.05, 4.69) is 20.9 Å². The number of benzene rings is 1. The summed E-state index contributed by atoms with van der Waals surface area (Å²) in [6, 6.07) is 5.17. The van der Waals surface area contributed by atoms with Crippen molar-refractivity contribution in [2.75, 3.05) is 11.9 Å². The number of hydrogen-bond donors (Lipinski definition) is 0. The molecule has 19 heavy (non-hydrogen) atoms. The van der Waals surface area contributed by atoms with Gasteiger partial charge in [0, 0.05) is 11.9 Å². The Morgan fingerprint density at radius 2 is 2.26 bits per heavy atom. The lowest BCUT2D eigenvalue weighted by molar-refractivity contribution is 0.615. The fraction of sp³-hybridized carbons (Fsp3) is 0.231. The lowest BCUT2D eigenvalue weighted by Gasteiger charge is -2.20. The van der Waals surface area contributed by atoms with Crippen molar-refractivity contribution in [1.29, 1.82) is 5.26 Å². The number of aryl methyl sites for hydroxylation is 1. The van der Waals surface area contributed by atoms with Gasteiger partial charge in [0.2, 0.25) is 0 Å². The van der Waals surface area contributed by atoms with Crippen molar-refractivity contribution in [2.45, 2.75) is 13.5 Å². The molecule has 0 aliphatic carbocycles. The lowest BCUT2D eigenvalue weighted by Crippen LogP contribution is -2.18. The molecule has 0 aliphatic heterocycles. The van der Waals surface area contributed by atoms with Gasteiger partial charge in [0.15, 0.2) is 5.82 Å². The van der Waals surface area contributed by atoms with Crippen molar-refractivity contribution in [1.82, 2.24) is 4.98 Å². The molecular formula is C13H11BrFN3S. The number of aromatic nitrogens is 1.